The van der Waals surface area contributed by atoms with Crippen LogP contribution in [-0.2, 0) is 19.3 Å². The number of likely N-dealkylation sites (tertiary alicyclic amines) is 1. The van der Waals surface area contributed by atoms with Gasteiger partial charge in [0, 0.05) is 31.0 Å². The van der Waals surface area contributed by atoms with Crippen LogP contribution in [0.5, 0.6) is 11.5 Å². The Hall–Kier alpha value is -2.82. The number of nitrogens with zero attached hydrogens (tertiary/aromatic N) is 1. The minimum absolute atomic E-state index is 0.145. The van der Waals surface area contributed by atoms with Gasteiger partial charge in [-0.05, 0) is 55.6 Å². The summed E-state index contributed by atoms with van der Waals surface area (Å²) in [5, 5.41) is 0. The third kappa shape index (κ3) is 5.07. The Kier molecular flexibility index (Phi) is 6.65. The smallest absolute Gasteiger partial charge is 0.132 e. The van der Waals surface area contributed by atoms with Crippen molar-refractivity contribution in [1.82, 2.24) is 4.90 Å². The lowest BCUT2D eigenvalue weighted by molar-refractivity contribution is 0.0264. The molecule has 1 atom stereocenters. The predicted octanol–water partition coefficient (Wildman–Crippen LogP) is 4.65. The maximum Gasteiger partial charge on any atom is 0.132 e. The van der Waals surface area contributed by atoms with Gasteiger partial charge in [-0.3, -0.25) is 4.90 Å². The standard InChI is InChI=1S/C29H34N2O2/c30-28-20-25-26(32-19-18-31-16-7-8-17-31)14-9-15-27(25)33-29(28,21-23-10-3-1-4-11-23)22-24-12-5-2-6-13-24/h1-6,9-15,28H,7-8,16-22,30H2. The van der Waals surface area contributed by atoms with Crippen molar-refractivity contribution >= 4 is 0 Å². The van der Waals surface area contributed by atoms with Gasteiger partial charge in [0.2, 0.25) is 0 Å². The Morgan fingerprint density at radius 3 is 2.12 bits per heavy atom. The van der Waals surface area contributed by atoms with Crippen LogP contribution in [0.2, 0.25) is 0 Å². The topological polar surface area (TPSA) is 47.7 Å². The molecular formula is C29H34N2O2. The molecular weight excluding hydrogens is 408 g/mol. The van der Waals surface area contributed by atoms with Crippen LogP contribution < -0.4 is 15.2 Å². The highest BCUT2D eigenvalue weighted by Crippen LogP contribution is 2.41. The van der Waals surface area contributed by atoms with Gasteiger partial charge in [0.1, 0.15) is 23.7 Å². The van der Waals surface area contributed by atoms with Gasteiger partial charge in [0.15, 0.2) is 0 Å². The summed E-state index contributed by atoms with van der Waals surface area (Å²) in [5.74, 6) is 1.82. The van der Waals surface area contributed by atoms with Crippen molar-refractivity contribution < 1.29 is 9.47 Å². The second-order valence-corrected chi connectivity index (χ2v) is 9.43. The zero-order valence-corrected chi connectivity index (χ0v) is 19.3. The SMILES string of the molecule is NC1Cc2c(OCCN3CCCC3)cccc2OC1(Cc1ccccc1)Cc1ccccc1. The summed E-state index contributed by atoms with van der Waals surface area (Å²) in [6.45, 7) is 4.05. The first-order valence-electron chi connectivity index (χ1n) is 12.2. The van der Waals surface area contributed by atoms with Gasteiger partial charge >= 0.3 is 0 Å². The maximum absolute atomic E-state index is 6.93. The van der Waals surface area contributed by atoms with Crippen LogP contribution in [0.3, 0.4) is 0 Å². The highest BCUT2D eigenvalue weighted by atomic mass is 16.5. The van der Waals surface area contributed by atoms with Gasteiger partial charge in [-0.15, -0.1) is 0 Å². The molecule has 1 fully saturated rings. The highest BCUT2D eigenvalue weighted by molar-refractivity contribution is 5.48. The fraction of sp³-hybridized carbons (Fsp3) is 0.379. The molecule has 3 aromatic carbocycles. The molecule has 0 saturated carbocycles. The Labute approximate surface area is 197 Å². The lowest BCUT2D eigenvalue weighted by Crippen LogP contribution is -2.58. The summed E-state index contributed by atoms with van der Waals surface area (Å²) in [6, 6.07) is 27.1. The van der Waals surface area contributed by atoms with E-state index in [1.165, 1.54) is 37.1 Å². The van der Waals surface area contributed by atoms with Crippen molar-refractivity contribution in [3.05, 3.63) is 95.6 Å². The van der Waals surface area contributed by atoms with Crippen LogP contribution in [0.4, 0.5) is 0 Å². The monoisotopic (exact) mass is 442 g/mol. The zero-order valence-electron chi connectivity index (χ0n) is 19.3. The van der Waals surface area contributed by atoms with Crippen molar-refractivity contribution in [2.45, 2.75) is 43.7 Å². The van der Waals surface area contributed by atoms with Crippen molar-refractivity contribution in [2.75, 3.05) is 26.2 Å². The Morgan fingerprint density at radius 1 is 0.848 bits per heavy atom. The minimum atomic E-state index is -0.510. The lowest BCUT2D eigenvalue weighted by atomic mass is 9.77. The number of hydrogen-bond acceptors (Lipinski definition) is 4. The van der Waals surface area contributed by atoms with Crippen molar-refractivity contribution in [3.8, 4) is 11.5 Å². The lowest BCUT2D eigenvalue weighted by Gasteiger charge is -2.44. The van der Waals surface area contributed by atoms with E-state index >= 15 is 0 Å². The number of nitrogens with two attached hydrogens (primary N) is 1. The van der Waals surface area contributed by atoms with Gasteiger partial charge in [0.05, 0.1) is 0 Å². The fourth-order valence-corrected chi connectivity index (χ4v) is 5.25. The first-order valence-corrected chi connectivity index (χ1v) is 12.2. The molecule has 1 unspecified atom stereocenters. The molecule has 0 bridgehead atoms. The van der Waals surface area contributed by atoms with Gasteiger partial charge in [-0.1, -0.05) is 66.7 Å². The quantitative estimate of drug-likeness (QED) is 0.552. The van der Waals surface area contributed by atoms with Crippen LogP contribution >= 0.6 is 0 Å². The van der Waals surface area contributed by atoms with E-state index in [9.17, 15) is 0 Å². The molecule has 4 heteroatoms. The molecule has 5 rings (SSSR count). The molecule has 33 heavy (non-hydrogen) atoms. The molecule has 1 saturated heterocycles. The zero-order chi connectivity index (χ0) is 22.5. The van der Waals surface area contributed by atoms with Crippen molar-refractivity contribution in [2.24, 2.45) is 5.73 Å². The Balaban J connectivity index is 1.40. The minimum Gasteiger partial charge on any atom is -0.492 e. The number of hydrogen-bond donors (Lipinski definition) is 1. The normalized spacial score (nSPS) is 19.6. The maximum atomic E-state index is 6.93. The summed E-state index contributed by atoms with van der Waals surface area (Å²) in [7, 11) is 0. The number of benzene rings is 3. The molecule has 0 amide bonds. The summed E-state index contributed by atoms with van der Waals surface area (Å²) < 4.78 is 13.1. The second-order valence-electron chi connectivity index (χ2n) is 9.43. The molecule has 2 aliphatic heterocycles. The van der Waals surface area contributed by atoms with Crippen LogP contribution in [0.1, 0.15) is 29.5 Å². The predicted molar refractivity (Wildman–Crippen MR) is 133 cm³/mol. The first-order chi connectivity index (χ1) is 16.2. The molecule has 4 nitrogen and oxygen atoms in total. The number of ether oxygens (including phenoxy) is 2. The number of fused-ring (bicyclic) bond motifs is 1. The van der Waals surface area contributed by atoms with Crippen LogP contribution in [0.25, 0.3) is 0 Å². The van der Waals surface area contributed by atoms with Gasteiger partial charge in [0.25, 0.3) is 0 Å². The Bertz CT molecular complexity index is 991. The van der Waals surface area contributed by atoms with Crippen molar-refractivity contribution in [3.63, 3.8) is 0 Å². The third-order valence-corrected chi connectivity index (χ3v) is 7.06. The summed E-state index contributed by atoms with van der Waals surface area (Å²) in [5.41, 5.74) is 10.0. The van der Waals surface area contributed by atoms with Crippen LogP contribution in [0, 0.1) is 0 Å². The molecule has 0 aliphatic carbocycles. The first kappa shape index (κ1) is 22.0. The molecule has 0 aromatic heterocycles. The van der Waals surface area contributed by atoms with E-state index in [0.29, 0.717) is 6.61 Å². The Morgan fingerprint density at radius 2 is 1.48 bits per heavy atom. The average Bonchev–Trinajstić information content (AvgIpc) is 3.35. The molecule has 2 aliphatic rings. The largest absolute Gasteiger partial charge is 0.492 e. The third-order valence-electron chi connectivity index (χ3n) is 7.06. The van der Waals surface area contributed by atoms with Crippen LogP contribution in [-0.4, -0.2) is 42.8 Å². The number of rotatable bonds is 8. The van der Waals surface area contributed by atoms with E-state index in [2.05, 4.69) is 77.7 Å². The highest BCUT2D eigenvalue weighted by Gasteiger charge is 2.44. The summed E-state index contributed by atoms with van der Waals surface area (Å²) in [4.78, 5) is 2.47. The molecule has 2 N–H and O–H groups in total. The van der Waals surface area contributed by atoms with E-state index in [4.69, 9.17) is 15.2 Å². The average molecular weight is 443 g/mol. The molecule has 0 radical (unpaired) electrons. The van der Waals surface area contributed by atoms with E-state index in [0.717, 1.165) is 42.9 Å². The van der Waals surface area contributed by atoms with E-state index in [1.54, 1.807) is 0 Å². The van der Waals surface area contributed by atoms with Crippen LogP contribution in [0.15, 0.2) is 78.9 Å². The molecule has 2 heterocycles. The second kappa shape index (κ2) is 9.98. The van der Waals surface area contributed by atoms with Gasteiger partial charge in [-0.2, -0.15) is 0 Å². The molecule has 3 aromatic rings. The van der Waals surface area contributed by atoms with E-state index < -0.39 is 5.60 Å². The molecule has 0 spiro atoms. The van der Waals surface area contributed by atoms with Crippen molar-refractivity contribution in [1.29, 1.82) is 0 Å². The molecule has 172 valence electrons. The summed E-state index contributed by atoms with van der Waals surface area (Å²) in [6.07, 6.45) is 4.88. The van der Waals surface area contributed by atoms with Gasteiger partial charge < -0.3 is 15.2 Å². The van der Waals surface area contributed by atoms with E-state index in [1.807, 2.05) is 6.07 Å². The van der Waals surface area contributed by atoms with E-state index in [-0.39, 0.29) is 6.04 Å². The summed E-state index contributed by atoms with van der Waals surface area (Å²) >= 11 is 0. The fourth-order valence-electron chi connectivity index (χ4n) is 5.25. The van der Waals surface area contributed by atoms with Gasteiger partial charge in [-0.25, -0.2) is 0 Å².